The number of halogens is 1. The van der Waals surface area contributed by atoms with Gasteiger partial charge in [0.25, 0.3) is 5.91 Å². The predicted molar refractivity (Wildman–Crippen MR) is 110 cm³/mol. The Morgan fingerprint density at radius 1 is 1.00 bits per heavy atom. The summed E-state index contributed by atoms with van der Waals surface area (Å²) in [6.07, 6.45) is 0. The van der Waals surface area contributed by atoms with Crippen molar-refractivity contribution in [1.82, 2.24) is 10.2 Å². The molecule has 0 atom stereocenters. The minimum atomic E-state index is -0.414. The number of anilines is 1. The lowest BCUT2D eigenvalue weighted by Gasteiger charge is -2.11. The number of aromatic nitrogens is 2. The number of hydrogen-bond donors (Lipinski definition) is 1. The maximum Gasteiger partial charge on any atom is 0.265 e. The van der Waals surface area contributed by atoms with Crippen LogP contribution in [0.2, 0.25) is 0 Å². The average molecular weight is 409 g/mol. The quantitative estimate of drug-likeness (QED) is 0.514. The normalized spacial score (nSPS) is 10.7. The van der Waals surface area contributed by atoms with Gasteiger partial charge in [-0.25, -0.2) is 4.39 Å². The lowest BCUT2D eigenvalue weighted by molar-refractivity contribution is 0.102. The zero-order valence-corrected chi connectivity index (χ0v) is 16.4. The molecule has 0 spiro atoms. The molecule has 0 saturated heterocycles. The van der Waals surface area contributed by atoms with Crippen molar-refractivity contribution in [3.63, 3.8) is 0 Å². The van der Waals surface area contributed by atoms with Gasteiger partial charge in [0, 0.05) is 10.9 Å². The van der Waals surface area contributed by atoms with Crippen molar-refractivity contribution >= 4 is 33.1 Å². The summed E-state index contributed by atoms with van der Waals surface area (Å²) in [5.74, 6) is 0.0962. The van der Waals surface area contributed by atoms with E-state index in [2.05, 4.69) is 15.5 Å². The first-order valence-corrected chi connectivity index (χ1v) is 9.47. The van der Waals surface area contributed by atoms with E-state index in [0.29, 0.717) is 27.0 Å². The van der Waals surface area contributed by atoms with E-state index in [1.54, 1.807) is 36.4 Å². The maximum absolute atomic E-state index is 13.9. The van der Waals surface area contributed by atoms with Crippen LogP contribution in [-0.2, 0) is 0 Å². The van der Waals surface area contributed by atoms with Crippen LogP contribution in [0.15, 0.2) is 54.6 Å². The number of methoxy groups -OCH3 is 2. The van der Waals surface area contributed by atoms with Crippen LogP contribution in [0.3, 0.4) is 0 Å². The van der Waals surface area contributed by atoms with E-state index < -0.39 is 5.91 Å². The van der Waals surface area contributed by atoms with E-state index in [1.165, 1.54) is 31.6 Å². The van der Waals surface area contributed by atoms with E-state index >= 15 is 0 Å². The fourth-order valence-electron chi connectivity index (χ4n) is 3.00. The number of fused-ring (bicyclic) bond motifs is 1. The zero-order chi connectivity index (χ0) is 20.4. The van der Waals surface area contributed by atoms with Crippen LogP contribution in [-0.4, -0.2) is 30.3 Å². The molecule has 1 aromatic heterocycles. The summed E-state index contributed by atoms with van der Waals surface area (Å²) in [6.45, 7) is 0. The largest absolute Gasteiger partial charge is 0.496 e. The number of hydrogen-bond acceptors (Lipinski definition) is 6. The van der Waals surface area contributed by atoms with Gasteiger partial charge in [-0.2, -0.15) is 0 Å². The van der Waals surface area contributed by atoms with Gasteiger partial charge in [-0.1, -0.05) is 41.7 Å². The fraction of sp³-hybridized carbons (Fsp3) is 0.0952. The summed E-state index contributed by atoms with van der Waals surface area (Å²) in [4.78, 5) is 12.8. The van der Waals surface area contributed by atoms with Crippen LogP contribution in [0.4, 0.5) is 9.52 Å². The molecule has 4 aromatic rings. The molecule has 8 heteroatoms. The zero-order valence-electron chi connectivity index (χ0n) is 15.6. The number of ether oxygens (including phenoxy) is 2. The predicted octanol–water partition coefficient (Wildman–Crippen LogP) is 4.77. The van der Waals surface area contributed by atoms with E-state index in [4.69, 9.17) is 9.47 Å². The molecule has 1 heterocycles. The van der Waals surface area contributed by atoms with Crippen molar-refractivity contribution < 1.29 is 18.7 Å². The molecule has 0 unspecified atom stereocenters. The van der Waals surface area contributed by atoms with Crippen LogP contribution < -0.4 is 14.8 Å². The van der Waals surface area contributed by atoms with Crippen LogP contribution in [0, 0.1) is 5.82 Å². The number of nitrogens with one attached hydrogen (secondary N) is 1. The van der Waals surface area contributed by atoms with Crippen molar-refractivity contribution in [3.05, 3.63) is 66.0 Å². The first kappa shape index (κ1) is 18.8. The highest BCUT2D eigenvalue weighted by Gasteiger charge is 2.20. The molecule has 29 heavy (non-hydrogen) atoms. The number of carbonyl (C=O) groups is 1. The van der Waals surface area contributed by atoms with Crippen LogP contribution in [0.5, 0.6) is 11.5 Å². The Hall–Kier alpha value is -3.52. The second-order valence-electron chi connectivity index (χ2n) is 6.08. The van der Waals surface area contributed by atoms with Crippen molar-refractivity contribution in [2.24, 2.45) is 0 Å². The Balaban J connectivity index is 1.61. The lowest BCUT2D eigenvalue weighted by Crippen LogP contribution is -2.14. The molecule has 146 valence electrons. The van der Waals surface area contributed by atoms with Crippen LogP contribution in [0.1, 0.15) is 10.4 Å². The summed E-state index contributed by atoms with van der Waals surface area (Å²) in [6, 6.07) is 15.3. The number of rotatable bonds is 5. The minimum absolute atomic E-state index is 0.273. The molecule has 0 aliphatic rings. The van der Waals surface area contributed by atoms with E-state index in [9.17, 15) is 9.18 Å². The van der Waals surface area contributed by atoms with E-state index in [0.717, 1.165) is 10.9 Å². The average Bonchev–Trinajstić information content (AvgIpc) is 3.21. The SMILES string of the molecule is COc1cccc(OC)c1C(=O)Nc1nnc(-c2ccc3c(F)cccc3c2)s1. The second kappa shape index (κ2) is 7.84. The second-order valence-corrected chi connectivity index (χ2v) is 7.06. The Morgan fingerprint density at radius 3 is 2.45 bits per heavy atom. The number of amides is 1. The molecule has 0 fully saturated rings. The summed E-state index contributed by atoms with van der Waals surface area (Å²) in [7, 11) is 2.97. The van der Waals surface area contributed by atoms with E-state index in [1.807, 2.05) is 12.1 Å². The van der Waals surface area contributed by atoms with Gasteiger partial charge in [0.15, 0.2) is 0 Å². The first-order chi connectivity index (χ1) is 14.1. The number of carbonyl (C=O) groups excluding carboxylic acids is 1. The number of benzene rings is 3. The Labute approximate surface area is 169 Å². The number of nitrogens with zero attached hydrogens (tertiary/aromatic N) is 2. The van der Waals surface area contributed by atoms with Gasteiger partial charge in [-0.15, -0.1) is 10.2 Å². The van der Waals surface area contributed by atoms with Crippen molar-refractivity contribution in [1.29, 1.82) is 0 Å². The molecular weight excluding hydrogens is 393 g/mol. The fourth-order valence-corrected chi connectivity index (χ4v) is 3.74. The molecule has 0 bridgehead atoms. The van der Waals surface area contributed by atoms with Crippen LogP contribution >= 0.6 is 11.3 Å². The molecule has 4 rings (SSSR count). The van der Waals surface area contributed by atoms with Gasteiger partial charge < -0.3 is 9.47 Å². The smallest absolute Gasteiger partial charge is 0.265 e. The third kappa shape index (κ3) is 3.62. The van der Waals surface area contributed by atoms with Gasteiger partial charge in [0.2, 0.25) is 5.13 Å². The van der Waals surface area contributed by atoms with E-state index in [-0.39, 0.29) is 11.4 Å². The molecule has 1 N–H and O–H groups in total. The van der Waals surface area contributed by atoms with Crippen molar-refractivity contribution in [2.45, 2.75) is 0 Å². The Kier molecular flexibility index (Phi) is 5.09. The summed E-state index contributed by atoms with van der Waals surface area (Å²) < 4.78 is 24.4. The summed E-state index contributed by atoms with van der Waals surface area (Å²) >= 11 is 1.22. The molecule has 0 aliphatic heterocycles. The molecule has 1 amide bonds. The standard InChI is InChI=1S/C21H16FN3O3S/c1-27-16-7-4-8-17(28-2)18(16)19(26)23-21-25-24-20(29-21)13-9-10-14-12(11-13)5-3-6-15(14)22/h3-11H,1-2H3,(H,23,25,26). The highest BCUT2D eigenvalue weighted by Crippen LogP contribution is 2.32. The van der Waals surface area contributed by atoms with Crippen molar-refractivity contribution in [2.75, 3.05) is 19.5 Å². The van der Waals surface area contributed by atoms with Gasteiger partial charge >= 0.3 is 0 Å². The Morgan fingerprint density at radius 2 is 1.72 bits per heavy atom. The van der Waals surface area contributed by atoms with Gasteiger partial charge in [0.1, 0.15) is 27.9 Å². The third-order valence-corrected chi connectivity index (χ3v) is 5.26. The third-order valence-electron chi connectivity index (χ3n) is 4.37. The highest BCUT2D eigenvalue weighted by atomic mass is 32.1. The van der Waals surface area contributed by atoms with Crippen molar-refractivity contribution in [3.8, 4) is 22.1 Å². The summed E-state index contributed by atoms with van der Waals surface area (Å²) in [5.41, 5.74) is 1.06. The summed E-state index contributed by atoms with van der Waals surface area (Å²) in [5, 5.41) is 13.2. The first-order valence-electron chi connectivity index (χ1n) is 8.65. The molecule has 0 saturated carbocycles. The topological polar surface area (TPSA) is 73.3 Å². The minimum Gasteiger partial charge on any atom is -0.496 e. The lowest BCUT2D eigenvalue weighted by atomic mass is 10.1. The molecule has 0 radical (unpaired) electrons. The Bertz CT molecular complexity index is 1190. The molecule has 6 nitrogen and oxygen atoms in total. The van der Waals surface area contributed by atoms with Gasteiger partial charge in [0.05, 0.1) is 14.2 Å². The molecular formula is C21H16FN3O3S. The molecule has 0 aliphatic carbocycles. The molecule has 3 aromatic carbocycles. The van der Waals surface area contributed by atoms with Crippen LogP contribution in [0.25, 0.3) is 21.3 Å². The van der Waals surface area contributed by atoms with Gasteiger partial charge in [-0.3, -0.25) is 10.1 Å². The maximum atomic E-state index is 13.9. The van der Waals surface area contributed by atoms with Gasteiger partial charge in [-0.05, 0) is 29.7 Å². The highest BCUT2D eigenvalue weighted by molar-refractivity contribution is 7.18. The monoisotopic (exact) mass is 409 g/mol.